The Hall–Kier alpha value is -1.20. The Balaban J connectivity index is 1.67. The molecule has 1 unspecified atom stereocenters. The van der Waals surface area contributed by atoms with Gasteiger partial charge in [-0.2, -0.15) is 11.3 Å². The van der Waals surface area contributed by atoms with Gasteiger partial charge in [-0.1, -0.05) is 6.92 Å². The minimum atomic E-state index is 0.240. The van der Waals surface area contributed by atoms with Gasteiger partial charge in [0.2, 0.25) is 5.91 Å². The first-order valence-electron chi connectivity index (χ1n) is 7.54. The van der Waals surface area contributed by atoms with E-state index in [9.17, 15) is 4.79 Å². The van der Waals surface area contributed by atoms with Crippen LogP contribution in [0.2, 0.25) is 0 Å². The second kappa shape index (κ2) is 6.71. The van der Waals surface area contributed by atoms with E-state index in [0.717, 1.165) is 42.1 Å². The average molecular weight is 320 g/mol. The number of amides is 1. The molecule has 112 valence electrons. The van der Waals surface area contributed by atoms with E-state index < -0.39 is 0 Å². The van der Waals surface area contributed by atoms with Crippen molar-refractivity contribution in [2.45, 2.75) is 45.1 Å². The van der Waals surface area contributed by atoms with E-state index in [1.54, 1.807) is 22.7 Å². The summed E-state index contributed by atoms with van der Waals surface area (Å²) in [5, 5.41) is 7.20. The molecule has 2 aromatic rings. The topological polar surface area (TPSA) is 33.2 Å². The second-order valence-corrected chi connectivity index (χ2v) is 7.12. The summed E-state index contributed by atoms with van der Waals surface area (Å²) in [7, 11) is 0. The lowest BCUT2D eigenvalue weighted by atomic mass is 9.99. The zero-order valence-corrected chi connectivity index (χ0v) is 13.9. The fraction of sp³-hybridized carbons (Fsp3) is 0.500. The van der Waals surface area contributed by atoms with Crippen molar-refractivity contribution in [3.63, 3.8) is 0 Å². The van der Waals surface area contributed by atoms with Crippen LogP contribution in [0.4, 0.5) is 0 Å². The minimum Gasteiger partial charge on any atom is -0.339 e. The number of nitrogens with zero attached hydrogens (tertiary/aromatic N) is 2. The number of piperidine rings is 1. The van der Waals surface area contributed by atoms with E-state index in [0.29, 0.717) is 12.5 Å². The summed E-state index contributed by atoms with van der Waals surface area (Å²) in [4.78, 5) is 19.2. The van der Waals surface area contributed by atoms with Crippen LogP contribution in [-0.2, 0) is 11.2 Å². The number of thiazole rings is 1. The highest BCUT2D eigenvalue weighted by molar-refractivity contribution is 7.14. The summed E-state index contributed by atoms with van der Waals surface area (Å²) in [6.45, 7) is 3.09. The maximum atomic E-state index is 12.5. The third-order valence-corrected chi connectivity index (χ3v) is 5.69. The third-order valence-electron chi connectivity index (χ3n) is 4.07. The molecule has 0 aromatic carbocycles. The zero-order chi connectivity index (χ0) is 14.7. The Kier molecular flexibility index (Phi) is 4.70. The maximum absolute atomic E-state index is 12.5. The van der Waals surface area contributed by atoms with Crippen LogP contribution >= 0.6 is 22.7 Å². The Morgan fingerprint density at radius 3 is 3.10 bits per heavy atom. The smallest absolute Gasteiger partial charge is 0.228 e. The molecule has 21 heavy (non-hydrogen) atoms. The van der Waals surface area contributed by atoms with Crippen molar-refractivity contribution in [2.75, 3.05) is 6.54 Å². The quantitative estimate of drug-likeness (QED) is 0.845. The molecular formula is C16H20N2OS2. The summed E-state index contributed by atoms with van der Waals surface area (Å²) < 4.78 is 0. The number of rotatable bonds is 4. The molecule has 3 rings (SSSR count). The van der Waals surface area contributed by atoms with Crippen LogP contribution < -0.4 is 0 Å². The minimum absolute atomic E-state index is 0.240. The first-order valence-corrected chi connectivity index (χ1v) is 9.36. The Labute approximate surface area is 133 Å². The SMILES string of the molecule is CCC1CCCCN1C(=O)Cc1csc(-c2ccsc2)n1. The first-order chi connectivity index (χ1) is 10.3. The van der Waals surface area contributed by atoms with Crippen molar-refractivity contribution < 1.29 is 4.79 Å². The lowest BCUT2D eigenvalue weighted by Crippen LogP contribution is -2.44. The van der Waals surface area contributed by atoms with Gasteiger partial charge >= 0.3 is 0 Å². The molecule has 3 nitrogen and oxygen atoms in total. The molecule has 0 bridgehead atoms. The Morgan fingerprint density at radius 1 is 1.43 bits per heavy atom. The van der Waals surface area contributed by atoms with Gasteiger partial charge in [-0.3, -0.25) is 4.79 Å². The molecule has 2 aromatic heterocycles. The van der Waals surface area contributed by atoms with Gasteiger partial charge in [0.25, 0.3) is 0 Å². The molecule has 1 fully saturated rings. The summed E-state index contributed by atoms with van der Waals surface area (Å²) in [5.41, 5.74) is 2.07. The van der Waals surface area contributed by atoms with Gasteiger partial charge in [0, 0.05) is 28.9 Å². The molecular weight excluding hydrogens is 300 g/mol. The number of thiophene rings is 1. The monoisotopic (exact) mass is 320 g/mol. The van der Waals surface area contributed by atoms with Crippen LogP contribution in [0.5, 0.6) is 0 Å². The predicted molar refractivity (Wildman–Crippen MR) is 88.8 cm³/mol. The predicted octanol–water partition coefficient (Wildman–Crippen LogP) is 4.21. The Bertz CT molecular complexity index is 591. The van der Waals surface area contributed by atoms with Crippen molar-refractivity contribution in [2.24, 2.45) is 0 Å². The maximum Gasteiger partial charge on any atom is 0.228 e. The summed E-state index contributed by atoms with van der Waals surface area (Å²) in [6, 6.07) is 2.51. The molecule has 0 N–H and O–H groups in total. The molecule has 0 saturated carbocycles. The largest absolute Gasteiger partial charge is 0.339 e. The molecule has 3 heterocycles. The van der Waals surface area contributed by atoms with Crippen molar-refractivity contribution in [3.05, 3.63) is 27.9 Å². The van der Waals surface area contributed by atoms with Gasteiger partial charge in [-0.25, -0.2) is 4.98 Å². The van der Waals surface area contributed by atoms with E-state index in [1.807, 2.05) is 5.38 Å². The van der Waals surface area contributed by atoms with Crippen molar-refractivity contribution in [3.8, 4) is 10.6 Å². The molecule has 1 atom stereocenters. The number of likely N-dealkylation sites (tertiary alicyclic amines) is 1. The van der Waals surface area contributed by atoms with Gasteiger partial charge in [-0.15, -0.1) is 11.3 Å². The van der Waals surface area contributed by atoms with Crippen LogP contribution in [0.25, 0.3) is 10.6 Å². The standard InChI is InChI=1S/C16H20N2OS2/c1-2-14-5-3-4-7-18(14)15(19)9-13-11-21-16(17-13)12-6-8-20-10-12/h6,8,10-11,14H,2-5,7,9H2,1H3. The number of carbonyl (C=O) groups excluding carboxylic acids is 1. The molecule has 1 aliphatic heterocycles. The van der Waals surface area contributed by atoms with Crippen molar-refractivity contribution in [1.29, 1.82) is 0 Å². The summed E-state index contributed by atoms with van der Waals surface area (Å²) in [5.74, 6) is 0.240. The van der Waals surface area contributed by atoms with Gasteiger partial charge in [0.1, 0.15) is 5.01 Å². The lowest BCUT2D eigenvalue weighted by molar-refractivity contribution is -0.134. The highest BCUT2D eigenvalue weighted by Gasteiger charge is 2.25. The molecule has 1 amide bonds. The van der Waals surface area contributed by atoms with E-state index in [4.69, 9.17) is 0 Å². The number of carbonyl (C=O) groups is 1. The Morgan fingerprint density at radius 2 is 2.33 bits per heavy atom. The second-order valence-electron chi connectivity index (χ2n) is 5.48. The van der Waals surface area contributed by atoms with Crippen LogP contribution in [0.1, 0.15) is 38.3 Å². The van der Waals surface area contributed by atoms with Gasteiger partial charge in [-0.05, 0) is 37.1 Å². The van der Waals surface area contributed by atoms with Crippen LogP contribution in [-0.4, -0.2) is 28.4 Å². The van der Waals surface area contributed by atoms with Gasteiger partial charge in [0.15, 0.2) is 0 Å². The van der Waals surface area contributed by atoms with Crippen LogP contribution in [0.3, 0.4) is 0 Å². The normalized spacial score (nSPS) is 18.9. The zero-order valence-electron chi connectivity index (χ0n) is 12.2. The first kappa shape index (κ1) is 14.7. The molecule has 1 saturated heterocycles. The molecule has 0 spiro atoms. The molecule has 0 radical (unpaired) electrons. The fourth-order valence-corrected chi connectivity index (χ4v) is 4.45. The lowest BCUT2D eigenvalue weighted by Gasteiger charge is -2.35. The highest BCUT2D eigenvalue weighted by Crippen LogP contribution is 2.26. The third kappa shape index (κ3) is 3.35. The van der Waals surface area contributed by atoms with Crippen molar-refractivity contribution >= 4 is 28.6 Å². The summed E-state index contributed by atoms with van der Waals surface area (Å²) >= 11 is 3.30. The van der Waals surface area contributed by atoms with Crippen LogP contribution in [0.15, 0.2) is 22.2 Å². The van der Waals surface area contributed by atoms with Crippen LogP contribution in [0, 0.1) is 0 Å². The molecule has 0 aliphatic carbocycles. The van der Waals surface area contributed by atoms with Gasteiger partial charge < -0.3 is 4.90 Å². The van der Waals surface area contributed by atoms with E-state index >= 15 is 0 Å². The molecule has 5 heteroatoms. The number of aromatic nitrogens is 1. The fourth-order valence-electron chi connectivity index (χ4n) is 2.92. The summed E-state index contributed by atoms with van der Waals surface area (Å²) in [6.07, 6.45) is 5.04. The van der Waals surface area contributed by atoms with E-state index in [-0.39, 0.29) is 5.91 Å². The average Bonchev–Trinajstić information content (AvgIpc) is 3.17. The van der Waals surface area contributed by atoms with E-state index in [2.05, 4.69) is 33.6 Å². The van der Waals surface area contributed by atoms with E-state index in [1.165, 1.54) is 6.42 Å². The number of hydrogen-bond donors (Lipinski definition) is 0. The van der Waals surface area contributed by atoms with Crippen molar-refractivity contribution in [1.82, 2.24) is 9.88 Å². The van der Waals surface area contributed by atoms with Gasteiger partial charge in [0.05, 0.1) is 12.1 Å². The highest BCUT2D eigenvalue weighted by atomic mass is 32.1. The number of hydrogen-bond acceptors (Lipinski definition) is 4. The molecule has 1 aliphatic rings.